The van der Waals surface area contributed by atoms with Crippen LogP contribution in [0.5, 0.6) is 0 Å². The van der Waals surface area contributed by atoms with Gasteiger partial charge in [0.05, 0.1) is 6.42 Å². The number of aliphatic carboxylic acids is 1. The second-order valence-corrected chi connectivity index (χ2v) is 3.25. The Bertz CT molecular complexity index is 294. The van der Waals surface area contributed by atoms with E-state index in [4.69, 9.17) is 5.11 Å². The average Bonchev–Trinajstić information content (AvgIpc) is 2.51. The Balaban J connectivity index is 2.10. The fourth-order valence-electron chi connectivity index (χ4n) is 1.29. The average molecular weight is 196 g/mol. The minimum absolute atomic E-state index is 0.188. The lowest BCUT2D eigenvalue weighted by Crippen LogP contribution is -2.21. The molecule has 1 heterocycles. The zero-order valence-corrected chi connectivity index (χ0v) is 8.36. The molecule has 0 fully saturated rings. The maximum absolute atomic E-state index is 10.2. The van der Waals surface area contributed by atoms with Crippen LogP contribution in [0.1, 0.15) is 12.1 Å². The van der Waals surface area contributed by atoms with E-state index in [2.05, 4.69) is 16.0 Å². The van der Waals surface area contributed by atoms with E-state index in [1.165, 1.54) is 5.69 Å². The highest BCUT2D eigenvalue weighted by atomic mass is 16.4. The lowest BCUT2D eigenvalue weighted by Gasteiger charge is -2.04. The van der Waals surface area contributed by atoms with Crippen molar-refractivity contribution in [3.8, 4) is 0 Å². The quantitative estimate of drug-likeness (QED) is 0.656. The lowest BCUT2D eigenvalue weighted by molar-refractivity contribution is -0.136. The van der Waals surface area contributed by atoms with Gasteiger partial charge in [-0.3, -0.25) is 4.79 Å². The molecule has 4 nitrogen and oxygen atoms in total. The predicted octanol–water partition coefficient (Wildman–Crippen LogP) is 0.632. The molecule has 0 radical (unpaired) electrons. The third-order valence-corrected chi connectivity index (χ3v) is 2.12. The molecule has 0 unspecified atom stereocenters. The smallest absolute Gasteiger partial charge is 0.304 e. The summed E-state index contributed by atoms with van der Waals surface area (Å²) in [5.74, 6) is -0.753. The molecule has 0 spiro atoms. The van der Waals surface area contributed by atoms with Crippen molar-refractivity contribution >= 4 is 5.97 Å². The highest BCUT2D eigenvalue weighted by Crippen LogP contribution is 1.99. The highest BCUT2D eigenvalue weighted by Gasteiger charge is 1.97. The molecule has 0 amide bonds. The summed E-state index contributed by atoms with van der Waals surface area (Å²) in [4.78, 5) is 10.2. The number of aromatic nitrogens is 1. The molecule has 0 saturated heterocycles. The second kappa shape index (κ2) is 5.44. The second-order valence-electron chi connectivity index (χ2n) is 3.25. The summed E-state index contributed by atoms with van der Waals surface area (Å²) in [6.07, 6.45) is 3.13. The first-order chi connectivity index (χ1) is 6.70. The molecule has 0 bridgehead atoms. The van der Waals surface area contributed by atoms with Crippen LogP contribution in [0.2, 0.25) is 0 Å². The molecular formula is C10H16N2O2. The van der Waals surface area contributed by atoms with Crippen LogP contribution in [0.3, 0.4) is 0 Å². The first kappa shape index (κ1) is 10.8. The number of aryl methyl sites for hydroxylation is 1. The molecular weight excluding hydrogens is 180 g/mol. The van der Waals surface area contributed by atoms with Gasteiger partial charge in [0, 0.05) is 38.4 Å². The van der Waals surface area contributed by atoms with E-state index >= 15 is 0 Å². The molecule has 1 rings (SSSR count). The van der Waals surface area contributed by atoms with Crippen molar-refractivity contribution in [3.63, 3.8) is 0 Å². The largest absolute Gasteiger partial charge is 0.481 e. The van der Waals surface area contributed by atoms with Crippen LogP contribution in [0.4, 0.5) is 0 Å². The summed E-state index contributed by atoms with van der Waals surface area (Å²) in [5.41, 5.74) is 1.26. The van der Waals surface area contributed by atoms with Crippen molar-refractivity contribution < 1.29 is 9.90 Å². The summed E-state index contributed by atoms with van der Waals surface area (Å²) in [7, 11) is 2.01. The minimum Gasteiger partial charge on any atom is -0.481 e. The lowest BCUT2D eigenvalue weighted by atomic mass is 10.3. The zero-order chi connectivity index (χ0) is 10.4. The zero-order valence-electron chi connectivity index (χ0n) is 8.36. The van der Waals surface area contributed by atoms with Crippen molar-refractivity contribution in [1.82, 2.24) is 9.88 Å². The number of carboxylic acids is 1. The summed E-state index contributed by atoms with van der Waals surface area (Å²) >= 11 is 0. The standard InChI is InChI=1S/C10H16N2O2/c1-12-8-2-3-9(12)4-6-11-7-5-10(13)14/h2-3,8,11H,4-7H2,1H3,(H,13,14). The van der Waals surface area contributed by atoms with Crippen LogP contribution in [0.25, 0.3) is 0 Å². The van der Waals surface area contributed by atoms with E-state index in [-0.39, 0.29) is 6.42 Å². The van der Waals surface area contributed by atoms with Gasteiger partial charge in [0.25, 0.3) is 0 Å². The van der Waals surface area contributed by atoms with E-state index in [0.717, 1.165) is 13.0 Å². The van der Waals surface area contributed by atoms with Gasteiger partial charge < -0.3 is 15.0 Å². The Kier molecular flexibility index (Phi) is 4.19. The number of carboxylic acid groups (broad SMARTS) is 1. The Morgan fingerprint density at radius 2 is 2.36 bits per heavy atom. The maximum atomic E-state index is 10.2. The number of nitrogens with one attached hydrogen (secondary N) is 1. The molecule has 78 valence electrons. The summed E-state index contributed by atoms with van der Waals surface area (Å²) in [6.45, 7) is 1.37. The molecule has 4 heteroatoms. The van der Waals surface area contributed by atoms with Crippen molar-refractivity contribution in [1.29, 1.82) is 0 Å². The van der Waals surface area contributed by atoms with Crippen LogP contribution in [-0.4, -0.2) is 28.7 Å². The van der Waals surface area contributed by atoms with Crippen LogP contribution >= 0.6 is 0 Å². The predicted molar refractivity (Wildman–Crippen MR) is 54.2 cm³/mol. The van der Waals surface area contributed by atoms with Crippen LogP contribution in [0, 0.1) is 0 Å². The fraction of sp³-hybridized carbons (Fsp3) is 0.500. The van der Waals surface area contributed by atoms with E-state index in [0.29, 0.717) is 6.54 Å². The molecule has 0 aromatic carbocycles. The van der Waals surface area contributed by atoms with Crippen molar-refractivity contribution in [3.05, 3.63) is 24.0 Å². The van der Waals surface area contributed by atoms with Gasteiger partial charge in [0.15, 0.2) is 0 Å². The Labute approximate surface area is 83.5 Å². The molecule has 0 aliphatic heterocycles. The van der Waals surface area contributed by atoms with Gasteiger partial charge in [-0.15, -0.1) is 0 Å². The first-order valence-corrected chi connectivity index (χ1v) is 4.73. The normalized spacial score (nSPS) is 10.4. The Hall–Kier alpha value is -1.29. The third-order valence-electron chi connectivity index (χ3n) is 2.12. The Morgan fingerprint density at radius 1 is 1.57 bits per heavy atom. The van der Waals surface area contributed by atoms with E-state index in [1.807, 2.05) is 19.3 Å². The number of nitrogens with zero attached hydrogens (tertiary/aromatic N) is 1. The van der Waals surface area contributed by atoms with Crippen LogP contribution in [-0.2, 0) is 18.3 Å². The number of hydrogen-bond acceptors (Lipinski definition) is 2. The van der Waals surface area contributed by atoms with Gasteiger partial charge in [0.1, 0.15) is 0 Å². The van der Waals surface area contributed by atoms with Gasteiger partial charge in [-0.25, -0.2) is 0 Å². The van der Waals surface area contributed by atoms with Crippen molar-refractivity contribution in [2.45, 2.75) is 12.8 Å². The highest BCUT2D eigenvalue weighted by molar-refractivity contribution is 5.66. The first-order valence-electron chi connectivity index (χ1n) is 4.73. The summed E-state index contributed by atoms with van der Waals surface area (Å²) < 4.78 is 2.07. The monoisotopic (exact) mass is 196 g/mol. The number of rotatable bonds is 6. The van der Waals surface area contributed by atoms with Gasteiger partial charge in [0.2, 0.25) is 0 Å². The van der Waals surface area contributed by atoms with E-state index in [1.54, 1.807) is 0 Å². The molecule has 0 saturated carbocycles. The molecule has 0 aliphatic rings. The minimum atomic E-state index is -0.753. The molecule has 14 heavy (non-hydrogen) atoms. The number of hydrogen-bond donors (Lipinski definition) is 2. The van der Waals surface area contributed by atoms with Crippen molar-refractivity contribution in [2.24, 2.45) is 7.05 Å². The third kappa shape index (κ3) is 3.62. The van der Waals surface area contributed by atoms with E-state index < -0.39 is 5.97 Å². The molecule has 1 aromatic rings. The topological polar surface area (TPSA) is 54.3 Å². The molecule has 2 N–H and O–H groups in total. The summed E-state index contributed by atoms with van der Waals surface area (Å²) in [5, 5.41) is 11.5. The molecule has 0 atom stereocenters. The summed E-state index contributed by atoms with van der Waals surface area (Å²) in [6, 6.07) is 4.07. The molecule has 0 aliphatic carbocycles. The Morgan fingerprint density at radius 3 is 2.93 bits per heavy atom. The van der Waals surface area contributed by atoms with E-state index in [9.17, 15) is 4.79 Å². The van der Waals surface area contributed by atoms with Gasteiger partial charge in [-0.05, 0) is 12.1 Å². The van der Waals surface area contributed by atoms with Crippen molar-refractivity contribution in [2.75, 3.05) is 13.1 Å². The van der Waals surface area contributed by atoms with Crippen LogP contribution < -0.4 is 5.32 Å². The molecule has 1 aromatic heterocycles. The van der Waals surface area contributed by atoms with Crippen LogP contribution in [0.15, 0.2) is 18.3 Å². The SMILES string of the molecule is Cn1cccc1CCNCCC(=O)O. The fourth-order valence-corrected chi connectivity index (χ4v) is 1.29. The van der Waals surface area contributed by atoms with Gasteiger partial charge in [-0.1, -0.05) is 0 Å². The maximum Gasteiger partial charge on any atom is 0.304 e. The van der Waals surface area contributed by atoms with Gasteiger partial charge >= 0.3 is 5.97 Å². The van der Waals surface area contributed by atoms with Gasteiger partial charge in [-0.2, -0.15) is 0 Å². The number of carbonyl (C=O) groups is 1.